The van der Waals surface area contributed by atoms with Crippen LogP contribution in [0.2, 0.25) is 0 Å². The van der Waals surface area contributed by atoms with Crippen LogP contribution in [0.5, 0.6) is 0 Å². The Kier molecular flexibility index (Phi) is 3.32. The number of hydrogen-bond acceptors (Lipinski definition) is 2. The van der Waals surface area contributed by atoms with Crippen LogP contribution in [0.25, 0.3) is 0 Å². The van der Waals surface area contributed by atoms with Crippen molar-refractivity contribution in [1.29, 1.82) is 0 Å². The van der Waals surface area contributed by atoms with Gasteiger partial charge in [-0.2, -0.15) is 0 Å². The molecule has 0 bridgehead atoms. The molecule has 3 nitrogen and oxygen atoms in total. The number of halogens is 2. The number of rotatable bonds is 3. The number of hydrogen-bond donors (Lipinski definition) is 1. The zero-order valence-corrected chi connectivity index (χ0v) is 10.5. The molecule has 0 atom stereocenters. The summed E-state index contributed by atoms with van der Waals surface area (Å²) in [6.45, 7) is 5.88. The first-order chi connectivity index (χ1) is 8.47. The fraction of sp³-hybridized carbons (Fsp3) is 0.308. The number of aryl methyl sites for hydroxylation is 1. The summed E-state index contributed by atoms with van der Waals surface area (Å²) >= 11 is 0. The van der Waals surface area contributed by atoms with Crippen LogP contribution in [0.4, 0.5) is 20.4 Å². The summed E-state index contributed by atoms with van der Waals surface area (Å²) < 4.78 is 28.2. The average Bonchev–Trinajstić information content (AvgIpc) is 2.64. The lowest BCUT2D eigenvalue weighted by Gasteiger charge is -2.13. The first-order valence-electron chi connectivity index (χ1n) is 5.75. The highest BCUT2D eigenvalue weighted by molar-refractivity contribution is 5.54. The molecule has 0 aliphatic heterocycles. The molecule has 0 unspecified atom stereocenters. The molecule has 96 valence electrons. The standard InChI is InChI=1S/C13H15F2N3/c1-8(2)18-7-9(3)16-13(18)17-12-5-4-10(14)6-11(12)15/h4-8H,1-3H3,(H,16,17). The van der Waals surface area contributed by atoms with Crippen LogP contribution < -0.4 is 5.32 Å². The van der Waals surface area contributed by atoms with Gasteiger partial charge in [0.15, 0.2) is 0 Å². The molecule has 2 aromatic rings. The van der Waals surface area contributed by atoms with E-state index < -0.39 is 11.6 Å². The van der Waals surface area contributed by atoms with Crippen molar-refractivity contribution in [2.75, 3.05) is 5.32 Å². The zero-order chi connectivity index (χ0) is 13.3. The molecule has 0 radical (unpaired) electrons. The van der Waals surface area contributed by atoms with E-state index in [1.54, 1.807) is 0 Å². The second-order valence-corrected chi connectivity index (χ2v) is 4.46. The van der Waals surface area contributed by atoms with Gasteiger partial charge in [0.2, 0.25) is 5.95 Å². The maximum atomic E-state index is 13.5. The van der Waals surface area contributed by atoms with Gasteiger partial charge in [0.05, 0.1) is 11.4 Å². The monoisotopic (exact) mass is 251 g/mol. The van der Waals surface area contributed by atoms with Crippen molar-refractivity contribution >= 4 is 11.6 Å². The smallest absolute Gasteiger partial charge is 0.207 e. The lowest BCUT2D eigenvalue weighted by atomic mass is 10.3. The average molecular weight is 251 g/mol. The fourth-order valence-electron chi connectivity index (χ4n) is 1.71. The minimum atomic E-state index is -0.633. The zero-order valence-electron chi connectivity index (χ0n) is 10.5. The molecule has 5 heteroatoms. The van der Waals surface area contributed by atoms with Crippen molar-refractivity contribution in [1.82, 2.24) is 9.55 Å². The Morgan fingerprint density at radius 1 is 1.28 bits per heavy atom. The summed E-state index contributed by atoms with van der Waals surface area (Å²) in [5, 5.41) is 2.88. The Labute approximate surface area is 104 Å². The number of imidazole rings is 1. The molecule has 18 heavy (non-hydrogen) atoms. The topological polar surface area (TPSA) is 29.9 Å². The molecule has 0 amide bonds. The molecule has 1 aromatic carbocycles. The van der Waals surface area contributed by atoms with Crippen LogP contribution >= 0.6 is 0 Å². The van der Waals surface area contributed by atoms with E-state index in [0.29, 0.717) is 5.95 Å². The van der Waals surface area contributed by atoms with E-state index in [1.807, 2.05) is 31.5 Å². The Hall–Kier alpha value is -1.91. The third kappa shape index (κ3) is 2.50. The molecule has 1 heterocycles. The second-order valence-electron chi connectivity index (χ2n) is 4.46. The van der Waals surface area contributed by atoms with Crippen LogP contribution in [0.15, 0.2) is 24.4 Å². The van der Waals surface area contributed by atoms with Gasteiger partial charge in [0, 0.05) is 18.3 Å². The number of benzene rings is 1. The Balaban J connectivity index is 2.33. The van der Waals surface area contributed by atoms with E-state index in [0.717, 1.165) is 11.8 Å². The SMILES string of the molecule is Cc1cn(C(C)C)c(Nc2ccc(F)cc2F)n1. The third-order valence-corrected chi connectivity index (χ3v) is 2.59. The maximum Gasteiger partial charge on any atom is 0.207 e. The van der Waals surface area contributed by atoms with Crippen LogP contribution in [-0.4, -0.2) is 9.55 Å². The number of aromatic nitrogens is 2. The Bertz CT molecular complexity index is 561. The van der Waals surface area contributed by atoms with Gasteiger partial charge in [0.25, 0.3) is 0 Å². The largest absolute Gasteiger partial charge is 0.323 e. The minimum absolute atomic E-state index is 0.206. The molecular weight excluding hydrogens is 236 g/mol. The van der Waals surface area contributed by atoms with Crippen molar-refractivity contribution < 1.29 is 8.78 Å². The third-order valence-electron chi connectivity index (χ3n) is 2.59. The van der Waals surface area contributed by atoms with Crippen LogP contribution in [-0.2, 0) is 0 Å². The fourth-order valence-corrected chi connectivity index (χ4v) is 1.71. The molecule has 1 aromatic heterocycles. The van der Waals surface area contributed by atoms with Crippen molar-refractivity contribution in [2.24, 2.45) is 0 Å². The molecule has 2 rings (SSSR count). The van der Waals surface area contributed by atoms with E-state index in [2.05, 4.69) is 10.3 Å². The van der Waals surface area contributed by atoms with Gasteiger partial charge in [-0.15, -0.1) is 0 Å². The van der Waals surface area contributed by atoms with Gasteiger partial charge in [-0.25, -0.2) is 13.8 Å². The quantitative estimate of drug-likeness (QED) is 0.899. The number of anilines is 2. The van der Waals surface area contributed by atoms with E-state index in [-0.39, 0.29) is 11.7 Å². The van der Waals surface area contributed by atoms with Crippen LogP contribution in [0.3, 0.4) is 0 Å². The van der Waals surface area contributed by atoms with E-state index in [1.165, 1.54) is 12.1 Å². The van der Waals surface area contributed by atoms with Crippen molar-refractivity contribution in [3.05, 3.63) is 41.7 Å². The van der Waals surface area contributed by atoms with Crippen LogP contribution in [0.1, 0.15) is 25.6 Å². The van der Waals surface area contributed by atoms with Crippen molar-refractivity contribution in [2.45, 2.75) is 26.8 Å². The molecular formula is C13H15F2N3. The predicted octanol–water partition coefficient (Wildman–Crippen LogP) is 3.79. The van der Waals surface area contributed by atoms with E-state index in [9.17, 15) is 8.78 Å². The highest BCUT2D eigenvalue weighted by Crippen LogP contribution is 2.22. The van der Waals surface area contributed by atoms with Gasteiger partial charge >= 0.3 is 0 Å². The Morgan fingerprint density at radius 2 is 2.00 bits per heavy atom. The molecule has 0 aliphatic carbocycles. The predicted molar refractivity (Wildman–Crippen MR) is 67.0 cm³/mol. The van der Waals surface area contributed by atoms with Crippen LogP contribution in [0, 0.1) is 18.6 Å². The van der Waals surface area contributed by atoms with Gasteiger partial charge in [0.1, 0.15) is 11.6 Å². The maximum absolute atomic E-state index is 13.5. The molecule has 0 saturated carbocycles. The normalized spacial score (nSPS) is 11.0. The Morgan fingerprint density at radius 3 is 2.61 bits per heavy atom. The molecule has 0 saturated heterocycles. The molecule has 1 N–H and O–H groups in total. The van der Waals surface area contributed by atoms with Gasteiger partial charge in [-0.05, 0) is 32.9 Å². The number of nitrogens with one attached hydrogen (secondary N) is 1. The van der Waals surface area contributed by atoms with Gasteiger partial charge < -0.3 is 9.88 Å². The summed E-state index contributed by atoms with van der Waals surface area (Å²) in [6.07, 6.45) is 1.88. The molecule has 0 fully saturated rings. The summed E-state index contributed by atoms with van der Waals surface area (Å²) in [4.78, 5) is 4.28. The second kappa shape index (κ2) is 4.76. The molecule has 0 aliphatic rings. The summed E-state index contributed by atoms with van der Waals surface area (Å²) in [5.74, 6) is -0.680. The summed E-state index contributed by atoms with van der Waals surface area (Å²) in [7, 11) is 0. The summed E-state index contributed by atoms with van der Waals surface area (Å²) in [5.41, 5.74) is 1.05. The lowest BCUT2D eigenvalue weighted by Crippen LogP contribution is -2.06. The summed E-state index contributed by atoms with van der Waals surface area (Å²) in [6, 6.07) is 3.62. The minimum Gasteiger partial charge on any atom is -0.323 e. The molecule has 0 spiro atoms. The first-order valence-corrected chi connectivity index (χ1v) is 5.75. The lowest BCUT2D eigenvalue weighted by molar-refractivity contribution is 0.583. The highest BCUT2D eigenvalue weighted by atomic mass is 19.1. The van der Waals surface area contributed by atoms with Crippen molar-refractivity contribution in [3.8, 4) is 0 Å². The number of nitrogens with zero attached hydrogens (tertiary/aromatic N) is 2. The van der Waals surface area contributed by atoms with E-state index in [4.69, 9.17) is 0 Å². The van der Waals surface area contributed by atoms with Gasteiger partial charge in [-0.1, -0.05) is 0 Å². The highest BCUT2D eigenvalue weighted by Gasteiger charge is 2.11. The van der Waals surface area contributed by atoms with E-state index >= 15 is 0 Å². The van der Waals surface area contributed by atoms with Crippen molar-refractivity contribution in [3.63, 3.8) is 0 Å². The van der Waals surface area contributed by atoms with Gasteiger partial charge in [-0.3, -0.25) is 0 Å². The first kappa shape index (κ1) is 12.5.